The van der Waals surface area contributed by atoms with E-state index in [-0.39, 0.29) is 50.3 Å². The third-order valence-electron chi connectivity index (χ3n) is 5.71. The third kappa shape index (κ3) is 6.91. The number of ether oxygens (including phenoxy) is 1. The largest absolute Gasteiger partial charge is 0.391 e. The highest BCUT2D eigenvalue weighted by atomic mass is 16.5. The van der Waals surface area contributed by atoms with E-state index in [2.05, 4.69) is 24.0 Å². The van der Waals surface area contributed by atoms with Gasteiger partial charge in [-0.25, -0.2) is 0 Å². The van der Waals surface area contributed by atoms with E-state index >= 15 is 0 Å². The van der Waals surface area contributed by atoms with Crippen LogP contribution in [0.1, 0.15) is 43.7 Å². The number of aliphatic hydroxyl groups excluding tert-OH is 2. The molecule has 2 N–H and O–H groups in total. The molecule has 0 fully saturated rings. The summed E-state index contributed by atoms with van der Waals surface area (Å²) < 4.78 is 5.39. The number of nitrogens with zero attached hydrogens (tertiary/aromatic N) is 2. The second kappa shape index (κ2) is 10.8. The maximum Gasteiger partial charge on any atom is 0.253 e. The summed E-state index contributed by atoms with van der Waals surface area (Å²) >= 11 is 0. The van der Waals surface area contributed by atoms with Crippen LogP contribution in [0, 0.1) is 0 Å². The van der Waals surface area contributed by atoms with Crippen molar-refractivity contribution in [2.75, 3.05) is 19.8 Å². The maximum atomic E-state index is 11.9. The zero-order valence-electron chi connectivity index (χ0n) is 18.3. The lowest BCUT2D eigenvalue weighted by molar-refractivity contribution is -0.137. The molecule has 0 aromatic heterocycles. The van der Waals surface area contributed by atoms with Crippen LogP contribution in [0.15, 0.2) is 41.4 Å². The zero-order valence-corrected chi connectivity index (χ0v) is 18.3. The van der Waals surface area contributed by atoms with Crippen molar-refractivity contribution in [1.82, 2.24) is 4.90 Å². The number of carbonyl (C=O) groups excluding carboxylic acids is 3. The molecule has 3 unspecified atom stereocenters. The molecule has 1 aromatic rings. The van der Waals surface area contributed by atoms with Gasteiger partial charge in [-0.15, -0.1) is 0 Å². The molecular weight excluding hydrogens is 412 g/mol. The molecule has 2 aliphatic rings. The minimum Gasteiger partial charge on any atom is -0.391 e. The van der Waals surface area contributed by atoms with Gasteiger partial charge in [0.05, 0.1) is 25.4 Å². The minimum atomic E-state index is -0.818. The molecule has 0 spiro atoms. The summed E-state index contributed by atoms with van der Waals surface area (Å²) in [6.07, 6.45) is 4.52. The number of aryl methyl sites for hydroxylation is 1. The number of aliphatic hydroxyl groups is 2. The Morgan fingerprint density at radius 1 is 1.03 bits per heavy atom. The first kappa shape index (κ1) is 24.0. The number of rotatable bonds is 14. The Kier molecular flexibility index (Phi) is 8.06. The first-order valence-corrected chi connectivity index (χ1v) is 10.9. The van der Waals surface area contributed by atoms with Crippen LogP contribution in [0.5, 0.6) is 0 Å². The molecular formula is C24H30N2O6. The monoisotopic (exact) mass is 442 g/mol. The first-order chi connectivity index (χ1) is 15.3. The average Bonchev–Trinajstić information content (AvgIpc) is 3.45. The van der Waals surface area contributed by atoms with E-state index in [4.69, 9.17) is 4.74 Å². The predicted octanol–water partition coefficient (Wildman–Crippen LogP) is 1.32. The normalized spacial score (nSPS) is 21.3. The average molecular weight is 443 g/mol. The fourth-order valence-corrected chi connectivity index (χ4v) is 3.44. The van der Waals surface area contributed by atoms with Crippen LogP contribution in [0.4, 0.5) is 0 Å². The Balaban J connectivity index is 1.23. The number of Topliss-reactive ketones (excluding diaryl/α,β-unsaturated/α-hetero) is 1. The lowest BCUT2D eigenvalue weighted by atomic mass is 9.97. The van der Waals surface area contributed by atoms with Gasteiger partial charge < -0.3 is 14.9 Å². The molecule has 2 amide bonds. The van der Waals surface area contributed by atoms with Crippen LogP contribution < -0.4 is 0 Å². The number of hydrogen-bond donors (Lipinski definition) is 2. The molecule has 0 radical (unpaired) electrons. The summed E-state index contributed by atoms with van der Waals surface area (Å²) in [5.41, 5.74) is 2.15. The van der Waals surface area contributed by atoms with Gasteiger partial charge in [0.1, 0.15) is 11.3 Å². The molecule has 8 heteroatoms. The lowest BCUT2D eigenvalue weighted by Gasteiger charge is -2.15. The lowest BCUT2D eigenvalue weighted by Crippen LogP contribution is -2.32. The minimum absolute atomic E-state index is 0.0324. The Morgan fingerprint density at radius 3 is 2.22 bits per heavy atom. The quantitative estimate of drug-likeness (QED) is 0.420. The Labute approximate surface area is 187 Å². The topological polar surface area (TPSA) is 116 Å². The van der Waals surface area contributed by atoms with Gasteiger partial charge in [-0.2, -0.15) is 0 Å². The van der Waals surface area contributed by atoms with Crippen molar-refractivity contribution in [3.8, 4) is 0 Å². The number of imide groups is 1. The maximum absolute atomic E-state index is 11.9. The molecule has 0 saturated carbocycles. The van der Waals surface area contributed by atoms with Gasteiger partial charge >= 0.3 is 0 Å². The second-order valence-corrected chi connectivity index (χ2v) is 8.48. The Morgan fingerprint density at radius 2 is 1.62 bits per heavy atom. The summed E-state index contributed by atoms with van der Waals surface area (Å²) in [7, 11) is 0. The second-order valence-electron chi connectivity index (χ2n) is 8.48. The van der Waals surface area contributed by atoms with Crippen LogP contribution >= 0.6 is 0 Å². The van der Waals surface area contributed by atoms with Gasteiger partial charge in [-0.05, 0) is 37.3 Å². The van der Waals surface area contributed by atoms with Gasteiger partial charge in [0, 0.05) is 37.8 Å². The summed E-state index contributed by atoms with van der Waals surface area (Å²) in [5.74, 6) is -0.951. The van der Waals surface area contributed by atoms with Crippen molar-refractivity contribution in [3.05, 3.63) is 47.5 Å². The number of hydrogen-bond acceptors (Lipinski definition) is 7. The number of aliphatic imine (C=N–C) groups is 1. The molecule has 0 bridgehead atoms. The standard InChI is InChI=1S/C24H30N2O6/c1-24(16-25-24)18-5-2-17(3-6-18)4-7-20(28)14-32-15-21(29)9-8-19(27)12-13-26-22(30)10-11-23(26)31/h2-3,5-6,10-11,16,20-21,28-29H,4,7-9,12-15H2,1H3. The van der Waals surface area contributed by atoms with Gasteiger partial charge in [-0.3, -0.25) is 24.3 Å². The molecule has 3 rings (SSSR count). The van der Waals surface area contributed by atoms with Crippen molar-refractivity contribution in [2.45, 2.75) is 56.8 Å². The van der Waals surface area contributed by atoms with E-state index in [1.54, 1.807) is 0 Å². The molecule has 2 heterocycles. The number of benzene rings is 1. The number of ketones is 1. The first-order valence-electron chi connectivity index (χ1n) is 10.9. The van der Waals surface area contributed by atoms with Crippen LogP contribution in [0.2, 0.25) is 0 Å². The van der Waals surface area contributed by atoms with Crippen molar-refractivity contribution in [1.29, 1.82) is 0 Å². The predicted molar refractivity (Wildman–Crippen MR) is 118 cm³/mol. The van der Waals surface area contributed by atoms with Gasteiger partial charge in [0.15, 0.2) is 0 Å². The van der Waals surface area contributed by atoms with Crippen molar-refractivity contribution >= 4 is 23.8 Å². The van der Waals surface area contributed by atoms with E-state index in [0.29, 0.717) is 6.42 Å². The van der Waals surface area contributed by atoms with E-state index in [0.717, 1.165) is 22.4 Å². The van der Waals surface area contributed by atoms with Gasteiger partial charge in [0.2, 0.25) is 0 Å². The van der Waals surface area contributed by atoms with Crippen molar-refractivity contribution < 1.29 is 29.3 Å². The zero-order chi connectivity index (χ0) is 23.1. The Bertz CT molecular complexity index is 868. The van der Waals surface area contributed by atoms with Crippen LogP contribution in [-0.4, -0.2) is 70.9 Å². The van der Waals surface area contributed by atoms with Gasteiger partial charge in [0.25, 0.3) is 11.8 Å². The fourth-order valence-electron chi connectivity index (χ4n) is 3.44. The highest BCUT2D eigenvalue weighted by Crippen LogP contribution is 2.32. The Hall–Kier alpha value is -2.68. The molecule has 2 aliphatic heterocycles. The summed E-state index contributed by atoms with van der Waals surface area (Å²) in [4.78, 5) is 40.1. The molecule has 3 atom stereocenters. The number of amides is 2. The highest BCUT2D eigenvalue weighted by Gasteiger charge is 2.32. The summed E-state index contributed by atoms with van der Waals surface area (Å²) in [6.45, 7) is 2.26. The molecule has 0 saturated heterocycles. The molecule has 0 aliphatic carbocycles. The van der Waals surface area contributed by atoms with E-state index in [9.17, 15) is 24.6 Å². The molecule has 32 heavy (non-hydrogen) atoms. The summed E-state index contributed by atoms with van der Waals surface area (Å²) in [6, 6.07) is 8.20. The smallest absolute Gasteiger partial charge is 0.253 e. The number of carbonyl (C=O) groups is 3. The van der Waals surface area contributed by atoms with E-state index < -0.39 is 24.0 Å². The summed E-state index contributed by atoms with van der Waals surface area (Å²) in [5, 5.41) is 20.1. The molecule has 8 nitrogen and oxygen atoms in total. The van der Waals surface area contributed by atoms with Crippen molar-refractivity contribution in [2.24, 2.45) is 4.99 Å². The highest BCUT2D eigenvalue weighted by molar-refractivity contribution is 6.13. The third-order valence-corrected chi connectivity index (χ3v) is 5.71. The fraction of sp³-hybridized carbons (Fsp3) is 0.500. The molecule has 1 aromatic carbocycles. The SMILES string of the molecule is CC1(c2ccc(CCC(O)COCC(O)CCC(=O)CCN3C(=O)C=CC3=O)cc2)C=N1. The van der Waals surface area contributed by atoms with Gasteiger partial charge in [-0.1, -0.05) is 24.3 Å². The van der Waals surface area contributed by atoms with E-state index in [1.807, 2.05) is 18.3 Å². The van der Waals surface area contributed by atoms with Crippen LogP contribution in [0.25, 0.3) is 0 Å². The van der Waals surface area contributed by atoms with Crippen LogP contribution in [-0.2, 0) is 31.1 Å². The van der Waals surface area contributed by atoms with Crippen molar-refractivity contribution in [3.63, 3.8) is 0 Å². The van der Waals surface area contributed by atoms with Crippen LogP contribution in [0.3, 0.4) is 0 Å². The van der Waals surface area contributed by atoms with E-state index in [1.165, 1.54) is 12.2 Å². The molecule has 172 valence electrons.